The number of hydrogen-bond acceptors (Lipinski definition) is 6. The summed E-state index contributed by atoms with van der Waals surface area (Å²) in [6.07, 6.45) is 1.50. The Kier molecular flexibility index (Phi) is 5.02. The summed E-state index contributed by atoms with van der Waals surface area (Å²) in [4.78, 5) is 29.8. The van der Waals surface area contributed by atoms with Gasteiger partial charge in [-0.3, -0.25) is 14.9 Å². The highest BCUT2D eigenvalue weighted by Gasteiger charge is 2.36. The largest absolute Gasteiger partial charge is 0.455 e. The zero-order valence-corrected chi connectivity index (χ0v) is 16.5. The minimum absolute atomic E-state index is 0.00793. The van der Waals surface area contributed by atoms with Gasteiger partial charge in [0, 0.05) is 30.4 Å². The van der Waals surface area contributed by atoms with Gasteiger partial charge in [-0.05, 0) is 24.6 Å². The van der Waals surface area contributed by atoms with Crippen molar-refractivity contribution in [3.63, 3.8) is 0 Å². The number of nitro groups is 1. The molecule has 0 aliphatic carbocycles. The van der Waals surface area contributed by atoms with Gasteiger partial charge in [0.15, 0.2) is 0 Å². The molecule has 3 aromatic rings. The number of non-ortho nitro benzene ring substituents is 1. The van der Waals surface area contributed by atoms with Crippen LogP contribution in [-0.2, 0) is 4.79 Å². The molecule has 7 heteroatoms. The molecule has 1 aromatic heterocycles. The lowest BCUT2D eigenvalue weighted by Gasteiger charge is -2.22. The number of carbonyl (C=O) groups is 1. The van der Waals surface area contributed by atoms with Crippen molar-refractivity contribution in [2.75, 3.05) is 7.05 Å². The molecule has 4 rings (SSSR count). The van der Waals surface area contributed by atoms with E-state index in [1.807, 2.05) is 49.2 Å². The third kappa shape index (κ3) is 3.53. The van der Waals surface area contributed by atoms with E-state index in [-0.39, 0.29) is 11.5 Å². The van der Waals surface area contributed by atoms with Crippen molar-refractivity contribution >= 4 is 17.7 Å². The Morgan fingerprint density at radius 1 is 1.10 bits per heavy atom. The van der Waals surface area contributed by atoms with E-state index in [0.29, 0.717) is 22.8 Å². The van der Waals surface area contributed by atoms with Gasteiger partial charge in [0.05, 0.1) is 11.1 Å². The topological polar surface area (TPSA) is 89.0 Å². The zero-order valence-electron chi connectivity index (χ0n) is 16.5. The SMILES string of the molecule is CC1=C(N=Cc2ccc(-c3cccc([N+](=O)[O-])c3)o2)C(=O)[C@@H](c2ccccc2)N1C. The number of nitrogens with zero attached hydrogens (tertiary/aromatic N) is 3. The number of rotatable bonds is 5. The van der Waals surface area contributed by atoms with Gasteiger partial charge in [-0.25, -0.2) is 4.99 Å². The predicted octanol–water partition coefficient (Wildman–Crippen LogP) is 4.76. The standard InChI is InChI=1S/C23H19N3O4/c1-15-21(23(27)22(25(15)2)16-7-4-3-5-8-16)24-14-19-11-12-20(30-19)17-9-6-10-18(13-17)26(28)29/h3-14,22H,1-2H3/t22-/m1/s1. The fourth-order valence-electron chi connectivity index (χ4n) is 3.49. The van der Waals surface area contributed by atoms with Crippen LogP contribution in [0, 0.1) is 10.1 Å². The first-order valence-electron chi connectivity index (χ1n) is 9.37. The van der Waals surface area contributed by atoms with Crippen molar-refractivity contribution < 1.29 is 14.1 Å². The number of benzene rings is 2. The van der Waals surface area contributed by atoms with Gasteiger partial charge in [-0.15, -0.1) is 0 Å². The van der Waals surface area contributed by atoms with E-state index in [0.717, 1.165) is 11.3 Å². The van der Waals surface area contributed by atoms with Crippen LogP contribution in [0.1, 0.15) is 24.3 Å². The van der Waals surface area contributed by atoms with E-state index < -0.39 is 11.0 Å². The smallest absolute Gasteiger partial charge is 0.270 e. The summed E-state index contributed by atoms with van der Waals surface area (Å²) in [5.74, 6) is 0.876. The molecule has 2 aromatic carbocycles. The first-order valence-corrected chi connectivity index (χ1v) is 9.37. The van der Waals surface area contributed by atoms with Gasteiger partial charge >= 0.3 is 0 Å². The molecule has 2 heterocycles. The van der Waals surface area contributed by atoms with Crippen molar-refractivity contribution in [1.82, 2.24) is 4.90 Å². The summed E-state index contributed by atoms with van der Waals surface area (Å²) in [7, 11) is 1.88. The van der Waals surface area contributed by atoms with Crippen LogP contribution in [-0.4, -0.2) is 28.9 Å². The van der Waals surface area contributed by atoms with Crippen LogP contribution in [0.25, 0.3) is 11.3 Å². The van der Waals surface area contributed by atoms with Gasteiger partial charge < -0.3 is 9.32 Å². The number of allylic oxidation sites excluding steroid dienone is 1. The Bertz CT molecular complexity index is 1180. The Balaban J connectivity index is 1.57. The molecule has 0 saturated heterocycles. The quantitative estimate of drug-likeness (QED) is 0.349. The molecule has 0 N–H and O–H groups in total. The van der Waals surface area contributed by atoms with Crippen LogP contribution in [0.15, 0.2) is 87.5 Å². The molecule has 30 heavy (non-hydrogen) atoms. The number of aliphatic imine (C=N–C) groups is 1. The van der Waals surface area contributed by atoms with Crippen LogP contribution >= 0.6 is 0 Å². The fraction of sp³-hybridized carbons (Fsp3) is 0.130. The molecule has 0 saturated carbocycles. The predicted molar refractivity (Wildman–Crippen MR) is 113 cm³/mol. The molecule has 1 atom stereocenters. The van der Waals surface area contributed by atoms with Crippen LogP contribution < -0.4 is 0 Å². The lowest BCUT2D eigenvalue weighted by molar-refractivity contribution is -0.384. The number of hydrogen-bond donors (Lipinski definition) is 0. The second-order valence-electron chi connectivity index (χ2n) is 6.99. The summed E-state index contributed by atoms with van der Waals surface area (Å²) in [5, 5.41) is 11.0. The van der Waals surface area contributed by atoms with E-state index >= 15 is 0 Å². The van der Waals surface area contributed by atoms with Crippen molar-refractivity contribution in [1.29, 1.82) is 0 Å². The van der Waals surface area contributed by atoms with Crippen molar-refractivity contribution in [2.24, 2.45) is 4.99 Å². The summed E-state index contributed by atoms with van der Waals surface area (Å²) >= 11 is 0. The van der Waals surface area contributed by atoms with Crippen LogP contribution in [0.5, 0.6) is 0 Å². The average molecular weight is 401 g/mol. The number of ketones is 1. The van der Waals surface area contributed by atoms with Gasteiger partial charge in [0.1, 0.15) is 23.3 Å². The minimum Gasteiger partial charge on any atom is -0.455 e. The molecule has 7 nitrogen and oxygen atoms in total. The Morgan fingerprint density at radius 2 is 1.87 bits per heavy atom. The van der Waals surface area contributed by atoms with Crippen LogP contribution in [0.2, 0.25) is 0 Å². The van der Waals surface area contributed by atoms with E-state index in [1.54, 1.807) is 24.3 Å². The molecule has 1 aliphatic rings. The maximum absolute atomic E-state index is 13.0. The Hall–Kier alpha value is -4.00. The first kappa shape index (κ1) is 19.3. The van der Waals surface area contributed by atoms with E-state index in [1.165, 1.54) is 18.3 Å². The summed E-state index contributed by atoms with van der Waals surface area (Å²) in [6, 6.07) is 18.8. The Labute approximate surface area is 173 Å². The molecule has 0 bridgehead atoms. The summed E-state index contributed by atoms with van der Waals surface area (Å²) in [5.41, 5.74) is 2.68. The molecule has 0 unspecified atom stereocenters. The van der Waals surface area contributed by atoms with Gasteiger partial charge in [0.2, 0.25) is 5.78 Å². The Morgan fingerprint density at radius 3 is 2.60 bits per heavy atom. The lowest BCUT2D eigenvalue weighted by atomic mass is 10.0. The third-order valence-electron chi connectivity index (χ3n) is 5.15. The van der Waals surface area contributed by atoms with Crippen LogP contribution in [0.3, 0.4) is 0 Å². The van der Waals surface area contributed by atoms with Gasteiger partial charge in [0.25, 0.3) is 5.69 Å². The molecule has 150 valence electrons. The lowest BCUT2D eigenvalue weighted by Crippen LogP contribution is -2.22. The number of likely N-dealkylation sites (N-methyl/N-ethyl adjacent to an activating group) is 1. The minimum atomic E-state index is -0.449. The molecule has 0 fully saturated rings. The van der Waals surface area contributed by atoms with Crippen molar-refractivity contribution in [3.05, 3.63) is 99.6 Å². The second-order valence-corrected chi connectivity index (χ2v) is 6.99. The number of nitro benzene ring substituents is 1. The molecule has 0 spiro atoms. The summed E-state index contributed by atoms with van der Waals surface area (Å²) < 4.78 is 5.75. The average Bonchev–Trinajstić information content (AvgIpc) is 3.31. The maximum atomic E-state index is 13.0. The monoisotopic (exact) mass is 401 g/mol. The number of furan rings is 1. The highest BCUT2D eigenvalue weighted by molar-refractivity contribution is 6.04. The van der Waals surface area contributed by atoms with Crippen molar-refractivity contribution in [3.8, 4) is 11.3 Å². The van der Waals surface area contributed by atoms with E-state index in [4.69, 9.17) is 4.42 Å². The molecule has 1 aliphatic heterocycles. The van der Waals surface area contributed by atoms with Gasteiger partial charge in [-0.2, -0.15) is 0 Å². The molecule has 0 amide bonds. The molecular formula is C23H19N3O4. The highest BCUT2D eigenvalue weighted by Crippen LogP contribution is 2.35. The number of Topliss-reactive ketones (excluding diaryl/α,β-unsaturated/α-hetero) is 1. The second kappa shape index (κ2) is 7.79. The van der Waals surface area contributed by atoms with E-state index in [9.17, 15) is 14.9 Å². The highest BCUT2D eigenvalue weighted by atomic mass is 16.6. The molecule has 0 radical (unpaired) electrons. The maximum Gasteiger partial charge on any atom is 0.270 e. The third-order valence-corrected chi connectivity index (χ3v) is 5.15. The molecular weight excluding hydrogens is 382 g/mol. The number of carbonyl (C=O) groups excluding carboxylic acids is 1. The fourth-order valence-corrected chi connectivity index (χ4v) is 3.49. The van der Waals surface area contributed by atoms with Gasteiger partial charge in [-0.1, -0.05) is 42.5 Å². The van der Waals surface area contributed by atoms with Crippen LogP contribution in [0.4, 0.5) is 5.69 Å². The van der Waals surface area contributed by atoms with E-state index in [2.05, 4.69) is 4.99 Å². The van der Waals surface area contributed by atoms with Crippen molar-refractivity contribution in [2.45, 2.75) is 13.0 Å². The summed E-state index contributed by atoms with van der Waals surface area (Å²) in [6.45, 7) is 1.87. The first-order chi connectivity index (χ1) is 14.5. The normalized spacial score (nSPS) is 16.7. The zero-order chi connectivity index (χ0) is 21.3.